The van der Waals surface area contributed by atoms with E-state index in [0.717, 1.165) is 11.3 Å². The molecule has 0 aromatic heterocycles. The number of anilines is 2. The van der Waals surface area contributed by atoms with E-state index in [-0.39, 0.29) is 11.8 Å². The van der Waals surface area contributed by atoms with Crippen LogP contribution in [0.1, 0.15) is 11.5 Å². The zero-order valence-corrected chi connectivity index (χ0v) is 11.2. The first-order valence-electron chi connectivity index (χ1n) is 6.56. The zero-order chi connectivity index (χ0) is 13.9. The van der Waals surface area contributed by atoms with Gasteiger partial charge in [-0.05, 0) is 17.7 Å². The SMILES string of the molecule is COc1cccc2c1NC(=O)C(c1ccccc1)CN2. The number of fused-ring (bicyclic) bond motifs is 1. The Morgan fingerprint density at radius 1 is 1.10 bits per heavy atom. The van der Waals surface area contributed by atoms with Crippen molar-refractivity contribution < 1.29 is 9.53 Å². The summed E-state index contributed by atoms with van der Waals surface area (Å²) >= 11 is 0. The Morgan fingerprint density at radius 3 is 2.65 bits per heavy atom. The summed E-state index contributed by atoms with van der Waals surface area (Å²) in [6, 6.07) is 15.5. The molecule has 2 N–H and O–H groups in total. The first-order valence-corrected chi connectivity index (χ1v) is 6.56. The average molecular weight is 268 g/mol. The highest BCUT2D eigenvalue weighted by Crippen LogP contribution is 2.36. The van der Waals surface area contributed by atoms with Crippen LogP contribution >= 0.6 is 0 Å². The van der Waals surface area contributed by atoms with Gasteiger partial charge >= 0.3 is 0 Å². The molecule has 1 unspecified atom stereocenters. The molecule has 2 aromatic carbocycles. The normalized spacial score (nSPS) is 17.4. The van der Waals surface area contributed by atoms with Crippen molar-refractivity contribution in [3.63, 3.8) is 0 Å². The number of hydrogen-bond donors (Lipinski definition) is 2. The lowest BCUT2D eigenvalue weighted by Gasteiger charge is -2.13. The Labute approximate surface area is 117 Å². The van der Waals surface area contributed by atoms with E-state index in [1.165, 1.54) is 0 Å². The number of carbonyl (C=O) groups excluding carboxylic acids is 1. The number of carbonyl (C=O) groups is 1. The maximum Gasteiger partial charge on any atom is 0.233 e. The van der Waals surface area contributed by atoms with Crippen molar-refractivity contribution in [2.45, 2.75) is 5.92 Å². The first-order chi connectivity index (χ1) is 9.79. The van der Waals surface area contributed by atoms with E-state index < -0.39 is 0 Å². The maximum absolute atomic E-state index is 12.4. The molecule has 2 aromatic rings. The highest BCUT2D eigenvalue weighted by molar-refractivity contribution is 6.01. The predicted octanol–water partition coefficient (Wildman–Crippen LogP) is 2.84. The Kier molecular flexibility index (Phi) is 3.29. The van der Waals surface area contributed by atoms with Gasteiger partial charge in [-0.25, -0.2) is 0 Å². The van der Waals surface area contributed by atoms with Crippen molar-refractivity contribution in [3.05, 3.63) is 54.1 Å². The van der Waals surface area contributed by atoms with Gasteiger partial charge in [-0.2, -0.15) is 0 Å². The molecule has 0 fully saturated rings. The van der Waals surface area contributed by atoms with Crippen molar-refractivity contribution in [1.29, 1.82) is 0 Å². The van der Waals surface area contributed by atoms with Crippen molar-refractivity contribution in [2.75, 3.05) is 24.3 Å². The summed E-state index contributed by atoms with van der Waals surface area (Å²) in [5, 5.41) is 6.28. The average Bonchev–Trinajstić information content (AvgIpc) is 2.66. The smallest absolute Gasteiger partial charge is 0.233 e. The van der Waals surface area contributed by atoms with E-state index in [4.69, 9.17) is 4.74 Å². The molecule has 1 atom stereocenters. The Hall–Kier alpha value is -2.49. The number of para-hydroxylation sites is 1. The lowest BCUT2D eigenvalue weighted by Crippen LogP contribution is -2.23. The molecule has 0 saturated heterocycles. The van der Waals surface area contributed by atoms with Crippen molar-refractivity contribution in [2.24, 2.45) is 0 Å². The zero-order valence-electron chi connectivity index (χ0n) is 11.2. The Bertz CT molecular complexity index is 626. The molecule has 3 rings (SSSR count). The summed E-state index contributed by atoms with van der Waals surface area (Å²) < 4.78 is 5.30. The molecule has 1 aliphatic rings. The number of ether oxygens (including phenoxy) is 1. The molecular weight excluding hydrogens is 252 g/mol. The van der Waals surface area contributed by atoms with Crippen LogP contribution < -0.4 is 15.4 Å². The molecule has 1 aliphatic heterocycles. The third kappa shape index (κ3) is 2.20. The number of rotatable bonds is 2. The highest BCUT2D eigenvalue weighted by atomic mass is 16.5. The van der Waals surface area contributed by atoms with Crippen LogP contribution in [0.25, 0.3) is 0 Å². The van der Waals surface area contributed by atoms with E-state index in [2.05, 4.69) is 10.6 Å². The second-order valence-electron chi connectivity index (χ2n) is 4.72. The van der Waals surface area contributed by atoms with Crippen LogP contribution in [-0.4, -0.2) is 19.6 Å². The van der Waals surface area contributed by atoms with Crippen LogP contribution in [0.15, 0.2) is 48.5 Å². The van der Waals surface area contributed by atoms with Crippen LogP contribution in [0.4, 0.5) is 11.4 Å². The minimum Gasteiger partial charge on any atom is -0.494 e. The minimum atomic E-state index is -0.215. The molecule has 20 heavy (non-hydrogen) atoms. The van der Waals surface area contributed by atoms with E-state index in [0.29, 0.717) is 18.0 Å². The standard InChI is InChI=1S/C16H16N2O2/c1-20-14-9-5-8-13-15(14)18-16(19)12(10-17-13)11-6-3-2-4-7-11/h2-9,12,17H,10H2,1H3,(H,18,19). The van der Waals surface area contributed by atoms with Crippen LogP contribution in [0.2, 0.25) is 0 Å². The minimum absolute atomic E-state index is 0.0213. The highest BCUT2D eigenvalue weighted by Gasteiger charge is 2.26. The summed E-state index contributed by atoms with van der Waals surface area (Å²) in [4.78, 5) is 12.4. The molecule has 1 amide bonds. The Balaban J connectivity index is 1.95. The summed E-state index contributed by atoms with van der Waals surface area (Å²) in [5.41, 5.74) is 2.60. The monoisotopic (exact) mass is 268 g/mol. The van der Waals surface area contributed by atoms with Crippen LogP contribution in [0.3, 0.4) is 0 Å². The van der Waals surface area contributed by atoms with Crippen LogP contribution in [-0.2, 0) is 4.79 Å². The largest absolute Gasteiger partial charge is 0.494 e. The molecule has 0 spiro atoms. The second kappa shape index (κ2) is 5.25. The number of nitrogens with one attached hydrogen (secondary N) is 2. The molecule has 0 saturated carbocycles. The second-order valence-corrected chi connectivity index (χ2v) is 4.72. The number of methoxy groups -OCH3 is 1. The van der Waals surface area contributed by atoms with Crippen molar-refractivity contribution in [3.8, 4) is 5.75 Å². The third-order valence-electron chi connectivity index (χ3n) is 3.51. The van der Waals surface area contributed by atoms with Crippen LogP contribution in [0, 0.1) is 0 Å². The van der Waals surface area contributed by atoms with Gasteiger partial charge in [0.2, 0.25) is 5.91 Å². The number of hydrogen-bond acceptors (Lipinski definition) is 3. The first kappa shape index (κ1) is 12.5. The topological polar surface area (TPSA) is 50.4 Å². The van der Waals surface area contributed by atoms with Gasteiger partial charge in [0.15, 0.2) is 0 Å². The van der Waals surface area contributed by atoms with Gasteiger partial charge in [0.1, 0.15) is 11.4 Å². The predicted molar refractivity (Wildman–Crippen MR) is 79.3 cm³/mol. The molecule has 4 nitrogen and oxygen atoms in total. The molecule has 0 radical (unpaired) electrons. The van der Waals surface area contributed by atoms with Gasteiger partial charge in [0, 0.05) is 6.54 Å². The fourth-order valence-electron chi connectivity index (χ4n) is 2.45. The van der Waals surface area contributed by atoms with Gasteiger partial charge in [-0.1, -0.05) is 36.4 Å². The lowest BCUT2D eigenvalue weighted by molar-refractivity contribution is -0.117. The summed E-state index contributed by atoms with van der Waals surface area (Å²) in [7, 11) is 1.60. The molecule has 0 bridgehead atoms. The number of amides is 1. The van der Waals surface area contributed by atoms with Gasteiger partial charge < -0.3 is 15.4 Å². The lowest BCUT2D eigenvalue weighted by atomic mass is 9.98. The molecule has 102 valence electrons. The summed E-state index contributed by atoms with van der Waals surface area (Å²) in [6.07, 6.45) is 0. The maximum atomic E-state index is 12.4. The summed E-state index contributed by atoms with van der Waals surface area (Å²) in [6.45, 7) is 0.565. The Morgan fingerprint density at radius 2 is 1.90 bits per heavy atom. The summed E-state index contributed by atoms with van der Waals surface area (Å²) in [5.74, 6) is 0.428. The van der Waals surface area contributed by atoms with Crippen LogP contribution in [0.5, 0.6) is 5.75 Å². The van der Waals surface area contributed by atoms with E-state index in [9.17, 15) is 4.79 Å². The van der Waals surface area contributed by atoms with Gasteiger partial charge in [-0.3, -0.25) is 4.79 Å². The molecular formula is C16H16N2O2. The molecule has 1 heterocycles. The van der Waals surface area contributed by atoms with Gasteiger partial charge in [-0.15, -0.1) is 0 Å². The van der Waals surface area contributed by atoms with E-state index in [1.807, 2.05) is 48.5 Å². The van der Waals surface area contributed by atoms with Crippen molar-refractivity contribution in [1.82, 2.24) is 0 Å². The third-order valence-corrected chi connectivity index (χ3v) is 3.51. The fraction of sp³-hybridized carbons (Fsp3) is 0.188. The van der Waals surface area contributed by atoms with Gasteiger partial charge in [0.05, 0.1) is 18.7 Å². The van der Waals surface area contributed by atoms with Crippen molar-refractivity contribution >= 4 is 17.3 Å². The van der Waals surface area contributed by atoms with Gasteiger partial charge in [0.25, 0.3) is 0 Å². The number of benzene rings is 2. The van der Waals surface area contributed by atoms with E-state index >= 15 is 0 Å². The molecule has 4 heteroatoms. The molecule has 0 aliphatic carbocycles. The fourth-order valence-corrected chi connectivity index (χ4v) is 2.45. The quantitative estimate of drug-likeness (QED) is 0.880. The van der Waals surface area contributed by atoms with E-state index in [1.54, 1.807) is 7.11 Å².